The van der Waals surface area contributed by atoms with Gasteiger partial charge in [-0.3, -0.25) is 5.10 Å². The predicted octanol–water partition coefficient (Wildman–Crippen LogP) is 5.54. The molecule has 0 bridgehead atoms. The normalized spacial score (nSPS) is 11.2. The van der Waals surface area contributed by atoms with Crippen molar-refractivity contribution in [2.45, 2.75) is 27.2 Å². The first-order chi connectivity index (χ1) is 14.7. The lowest BCUT2D eigenvalue weighted by Gasteiger charge is -2.13. The minimum Gasteiger partial charge on any atom is -0.493 e. The average Bonchev–Trinajstić information content (AvgIpc) is 3.18. The molecule has 4 rings (SSSR count). The van der Waals surface area contributed by atoms with E-state index in [0.717, 1.165) is 58.0 Å². The lowest BCUT2D eigenvalue weighted by atomic mass is 10.1. The summed E-state index contributed by atoms with van der Waals surface area (Å²) in [6.07, 6.45) is 2.65. The summed E-state index contributed by atoms with van der Waals surface area (Å²) in [6, 6.07) is 16.2. The number of anilines is 1. The second-order valence-electron chi connectivity index (χ2n) is 7.75. The molecule has 0 aliphatic rings. The van der Waals surface area contributed by atoms with Crippen LogP contribution in [0.1, 0.15) is 27.2 Å². The summed E-state index contributed by atoms with van der Waals surface area (Å²) >= 11 is 0. The Hall–Kier alpha value is -3.41. The molecule has 2 aromatic heterocycles. The van der Waals surface area contributed by atoms with E-state index in [9.17, 15) is 0 Å². The van der Waals surface area contributed by atoms with Crippen molar-refractivity contribution in [3.63, 3.8) is 0 Å². The maximum absolute atomic E-state index is 6.02. The molecule has 0 unspecified atom stereocenters. The molecule has 0 radical (unpaired) electrons. The minimum atomic E-state index is 0.455. The van der Waals surface area contributed by atoms with Crippen LogP contribution < -0.4 is 10.1 Å². The summed E-state index contributed by atoms with van der Waals surface area (Å²) in [7, 11) is 0. The lowest BCUT2D eigenvalue weighted by molar-refractivity contribution is 0.272. The van der Waals surface area contributed by atoms with Crippen molar-refractivity contribution in [1.29, 1.82) is 0 Å². The Labute approximate surface area is 176 Å². The molecule has 0 atom stereocenters. The van der Waals surface area contributed by atoms with Crippen molar-refractivity contribution >= 4 is 16.7 Å². The Morgan fingerprint density at radius 1 is 1.03 bits per heavy atom. The lowest BCUT2D eigenvalue weighted by Crippen LogP contribution is -2.05. The van der Waals surface area contributed by atoms with Gasteiger partial charge in [-0.25, -0.2) is 9.97 Å². The summed E-state index contributed by atoms with van der Waals surface area (Å²) < 4.78 is 6.02. The maximum atomic E-state index is 6.02. The van der Waals surface area contributed by atoms with Gasteiger partial charge in [0.15, 0.2) is 5.82 Å². The molecule has 2 N–H and O–H groups in total. The Kier molecular flexibility index (Phi) is 5.93. The van der Waals surface area contributed by atoms with Crippen molar-refractivity contribution in [2.24, 2.45) is 5.92 Å². The predicted molar refractivity (Wildman–Crippen MR) is 122 cm³/mol. The summed E-state index contributed by atoms with van der Waals surface area (Å²) in [5, 5.41) is 11.9. The Balaban J connectivity index is 1.69. The number of benzene rings is 2. The van der Waals surface area contributed by atoms with Crippen molar-refractivity contribution in [1.82, 2.24) is 20.2 Å². The largest absolute Gasteiger partial charge is 0.493 e. The van der Waals surface area contributed by atoms with Gasteiger partial charge in [-0.15, -0.1) is 0 Å². The van der Waals surface area contributed by atoms with Crippen molar-refractivity contribution in [3.05, 3.63) is 54.9 Å². The first kappa shape index (κ1) is 19.9. The number of nitrogens with one attached hydrogen (secondary N) is 2. The molecular weight excluding hydrogens is 374 g/mol. The SMILES string of the molecule is CCCNc1n[nH]c2ccc(-c3cc(-c4ccccc4OCC(C)C)ncn3)cc12. The van der Waals surface area contributed by atoms with Crippen LogP contribution in [-0.4, -0.2) is 33.3 Å². The van der Waals surface area contributed by atoms with Crippen LogP contribution >= 0.6 is 0 Å². The number of rotatable bonds is 8. The third kappa shape index (κ3) is 4.27. The van der Waals surface area contributed by atoms with E-state index in [1.54, 1.807) is 6.33 Å². The molecule has 0 amide bonds. The highest BCUT2D eigenvalue weighted by molar-refractivity contribution is 5.93. The van der Waals surface area contributed by atoms with E-state index in [2.05, 4.69) is 58.4 Å². The van der Waals surface area contributed by atoms with Crippen LogP contribution in [0.15, 0.2) is 54.9 Å². The standard InChI is InChI=1S/C24H27N5O/c1-4-11-25-24-19-12-17(9-10-20(19)28-29-24)21-13-22(27-15-26-21)18-7-5-6-8-23(18)30-14-16(2)3/h5-10,12-13,15-16H,4,11,14H2,1-3H3,(H2,25,28,29). The number of nitrogens with zero attached hydrogens (tertiary/aromatic N) is 3. The zero-order valence-electron chi connectivity index (χ0n) is 17.6. The fourth-order valence-corrected chi connectivity index (χ4v) is 3.27. The van der Waals surface area contributed by atoms with Gasteiger partial charge in [0.1, 0.15) is 12.1 Å². The Bertz CT molecular complexity index is 1140. The van der Waals surface area contributed by atoms with E-state index in [0.29, 0.717) is 12.5 Å². The molecule has 2 aromatic carbocycles. The highest BCUT2D eigenvalue weighted by Crippen LogP contribution is 2.32. The third-order valence-electron chi connectivity index (χ3n) is 4.80. The first-order valence-electron chi connectivity index (χ1n) is 10.4. The second kappa shape index (κ2) is 8.95. The Morgan fingerprint density at radius 3 is 2.70 bits per heavy atom. The summed E-state index contributed by atoms with van der Waals surface area (Å²) in [5.74, 6) is 2.17. The van der Waals surface area contributed by atoms with Crippen LogP contribution in [0.5, 0.6) is 5.75 Å². The fourth-order valence-electron chi connectivity index (χ4n) is 3.27. The summed E-state index contributed by atoms with van der Waals surface area (Å²) in [4.78, 5) is 9.03. The molecule has 0 aliphatic heterocycles. The number of fused-ring (bicyclic) bond motifs is 1. The van der Waals surface area contributed by atoms with Crippen molar-refractivity contribution in [3.8, 4) is 28.3 Å². The van der Waals surface area contributed by atoms with Gasteiger partial charge in [0.25, 0.3) is 0 Å². The molecule has 6 nitrogen and oxygen atoms in total. The number of aromatic nitrogens is 4. The van der Waals surface area contributed by atoms with E-state index >= 15 is 0 Å². The van der Waals surface area contributed by atoms with Gasteiger partial charge in [0.05, 0.1) is 23.5 Å². The van der Waals surface area contributed by atoms with Gasteiger partial charge in [0, 0.05) is 23.1 Å². The van der Waals surface area contributed by atoms with E-state index in [1.807, 2.05) is 36.4 Å². The van der Waals surface area contributed by atoms with Gasteiger partial charge in [0.2, 0.25) is 0 Å². The zero-order chi connectivity index (χ0) is 20.9. The van der Waals surface area contributed by atoms with Gasteiger partial charge in [-0.1, -0.05) is 39.0 Å². The molecular formula is C24H27N5O. The van der Waals surface area contributed by atoms with Crippen LogP contribution in [0.25, 0.3) is 33.4 Å². The van der Waals surface area contributed by atoms with Gasteiger partial charge in [-0.05, 0) is 42.7 Å². The molecule has 30 heavy (non-hydrogen) atoms. The molecule has 0 aliphatic carbocycles. The van der Waals surface area contributed by atoms with Gasteiger partial charge >= 0.3 is 0 Å². The number of ether oxygens (including phenoxy) is 1. The highest BCUT2D eigenvalue weighted by atomic mass is 16.5. The fraction of sp³-hybridized carbons (Fsp3) is 0.292. The number of aromatic amines is 1. The number of H-pyrrole nitrogens is 1. The molecule has 0 saturated carbocycles. The number of hydrogen-bond acceptors (Lipinski definition) is 5. The smallest absolute Gasteiger partial charge is 0.155 e. The topological polar surface area (TPSA) is 75.7 Å². The zero-order valence-corrected chi connectivity index (χ0v) is 17.6. The van der Waals surface area contributed by atoms with Gasteiger partial charge in [-0.2, -0.15) is 5.10 Å². The quantitative estimate of drug-likeness (QED) is 0.405. The second-order valence-corrected chi connectivity index (χ2v) is 7.75. The number of para-hydroxylation sites is 1. The first-order valence-corrected chi connectivity index (χ1v) is 10.4. The molecule has 0 saturated heterocycles. The van der Waals surface area contributed by atoms with Crippen LogP contribution in [0.2, 0.25) is 0 Å². The van der Waals surface area contributed by atoms with Crippen LogP contribution in [-0.2, 0) is 0 Å². The van der Waals surface area contributed by atoms with E-state index in [-0.39, 0.29) is 0 Å². The molecule has 0 fully saturated rings. The van der Waals surface area contributed by atoms with E-state index < -0.39 is 0 Å². The molecule has 154 valence electrons. The Morgan fingerprint density at radius 2 is 1.87 bits per heavy atom. The number of hydrogen-bond donors (Lipinski definition) is 2. The molecule has 0 spiro atoms. The van der Waals surface area contributed by atoms with Crippen LogP contribution in [0.3, 0.4) is 0 Å². The van der Waals surface area contributed by atoms with Crippen molar-refractivity contribution < 1.29 is 4.74 Å². The third-order valence-corrected chi connectivity index (χ3v) is 4.80. The average molecular weight is 402 g/mol. The molecule has 6 heteroatoms. The van der Waals surface area contributed by atoms with E-state index in [1.165, 1.54) is 0 Å². The van der Waals surface area contributed by atoms with Crippen LogP contribution in [0, 0.1) is 5.92 Å². The van der Waals surface area contributed by atoms with Crippen molar-refractivity contribution in [2.75, 3.05) is 18.5 Å². The maximum Gasteiger partial charge on any atom is 0.155 e. The summed E-state index contributed by atoms with van der Waals surface area (Å²) in [5.41, 5.74) is 4.70. The monoisotopic (exact) mass is 401 g/mol. The van der Waals surface area contributed by atoms with E-state index in [4.69, 9.17) is 4.74 Å². The molecule has 4 aromatic rings. The molecule has 2 heterocycles. The highest BCUT2D eigenvalue weighted by Gasteiger charge is 2.12. The summed E-state index contributed by atoms with van der Waals surface area (Å²) in [6.45, 7) is 7.97. The van der Waals surface area contributed by atoms with Crippen LogP contribution in [0.4, 0.5) is 5.82 Å². The minimum absolute atomic E-state index is 0.455. The van der Waals surface area contributed by atoms with Gasteiger partial charge < -0.3 is 10.1 Å².